The van der Waals surface area contributed by atoms with Crippen molar-refractivity contribution >= 4 is 21.6 Å². The molecule has 0 aromatic rings. The Labute approximate surface area is 103 Å². The molecule has 0 fully saturated rings. The quantitative estimate of drug-likeness (QED) is 0.622. The van der Waals surface area contributed by atoms with Gasteiger partial charge in [0.1, 0.15) is 0 Å². The molecule has 2 N–H and O–H groups in total. The van der Waals surface area contributed by atoms with Crippen molar-refractivity contribution in [3.8, 4) is 0 Å². The number of hydrogen-bond donors (Lipinski definition) is 2. The zero-order valence-corrected chi connectivity index (χ0v) is 11.6. The van der Waals surface area contributed by atoms with Gasteiger partial charge in [-0.25, -0.2) is 13.1 Å². The Morgan fingerprint density at radius 2 is 1.94 bits per heavy atom. The highest BCUT2D eigenvalue weighted by Crippen LogP contribution is 2.21. The van der Waals surface area contributed by atoms with E-state index in [1.807, 2.05) is 13.8 Å². The van der Waals surface area contributed by atoms with Crippen LogP contribution >= 0.6 is 11.6 Å². The maximum atomic E-state index is 11.5. The van der Waals surface area contributed by atoms with Crippen LogP contribution in [0, 0.1) is 5.41 Å². The number of aliphatic hydroxyl groups is 1. The smallest absolute Gasteiger partial charge is 0.211 e. The predicted octanol–water partition coefficient (Wildman–Crippen LogP) is 1.33. The molecule has 0 aromatic carbocycles. The normalized spacial score (nSPS) is 13.0. The van der Waals surface area contributed by atoms with Gasteiger partial charge in [-0.3, -0.25) is 0 Å². The first-order valence-electron chi connectivity index (χ1n) is 5.47. The number of hydrogen-bond acceptors (Lipinski definition) is 3. The lowest BCUT2D eigenvalue weighted by atomic mass is 9.88. The van der Waals surface area contributed by atoms with Gasteiger partial charge in [-0.1, -0.05) is 13.8 Å². The second-order valence-electron chi connectivity index (χ2n) is 4.67. The standard InChI is InChI=1S/C10H22ClNO3S/c1-10(2,5-3-7-13)9-12-16(14,15)8-4-6-11/h12-13H,3-9H2,1-2H3. The molecule has 0 aromatic heterocycles. The molecule has 0 rings (SSSR count). The van der Waals surface area contributed by atoms with Crippen molar-refractivity contribution in [2.75, 3.05) is 24.8 Å². The summed E-state index contributed by atoms with van der Waals surface area (Å²) < 4.78 is 25.6. The highest BCUT2D eigenvalue weighted by atomic mass is 35.5. The van der Waals surface area contributed by atoms with Gasteiger partial charge in [0, 0.05) is 19.0 Å². The summed E-state index contributed by atoms with van der Waals surface area (Å²) in [6.07, 6.45) is 1.95. The van der Waals surface area contributed by atoms with Crippen molar-refractivity contribution < 1.29 is 13.5 Å². The predicted molar refractivity (Wildman–Crippen MR) is 67.2 cm³/mol. The van der Waals surface area contributed by atoms with Crippen LogP contribution < -0.4 is 4.72 Å². The minimum absolute atomic E-state index is 0.0760. The van der Waals surface area contributed by atoms with Gasteiger partial charge in [-0.05, 0) is 24.7 Å². The maximum absolute atomic E-state index is 11.5. The molecular weight excluding hydrogens is 250 g/mol. The van der Waals surface area contributed by atoms with E-state index in [1.54, 1.807) is 0 Å². The van der Waals surface area contributed by atoms with E-state index in [2.05, 4.69) is 4.72 Å². The van der Waals surface area contributed by atoms with Gasteiger partial charge in [0.15, 0.2) is 0 Å². The summed E-state index contributed by atoms with van der Waals surface area (Å²) in [4.78, 5) is 0. The molecule has 0 aliphatic carbocycles. The van der Waals surface area contributed by atoms with Crippen LogP contribution in [0.1, 0.15) is 33.1 Å². The van der Waals surface area contributed by atoms with Crippen molar-refractivity contribution in [1.29, 1.82) is 0 Å². The molecular formula is C10H22ClNO3S. The van der Waals surface area contributed by atoms with Gasteiger partial charge in [-0.2, -0.15) is 0 Å². The Morgan fingerprint density at radius 1 is 1.31 bits per heavy atom. The fraction of sp³-hybridized carbons (Fsp3) is 1.00. The first kappa shape index (κ1) is 16.2. The number of aliphatic hydroxyl groups excluding tert-OH is 1. The number of nitrogens with one attached hydrogen (secondary N) is 1. The summed E-state index contributed by atoms with van der Waals surface area (Å²) >= 11 is 5.45. The van der Waals surface area contributed by atoms with Crippen LogP contribution in [-0.2, 0) is 10.0 Å². The number of sulfonamides is 1. The van der Waals surface area contributed by atoms with Gasteiger partial charge < -0.3 is 5.11 Å². The second kappa shape index (κ2) is 7.48. The van der Waals surface area contributed by atoms with E-state index in [9.17, 15) is 8.42 Å². The lowest BCUT2D eigenvalue weighted by Crippen LogP contribution is -2.35. The molecule has 6 heteroatoms. The number of halogens is 1. The van der Waals surface area contributed by atoms with Gasteiger partial charge in [-0.15, -0.1) is 11.6 Å². The minimum atomic E-state index is -3.20. The summed E-state index contributed by atoms with van der Waals surface area (Å²) in [5.41, 5.74) is -0.128. The van der Waals surface area contributed by atoms with Gasteiger partial charge in [0.2, 0.25) is 10.0 Å². The summed E-state index contributed by atoms with van der Waals surface area (Å²) in [6, 6.07) is 0. The molecule has 0 unspecified atom stereocenters. The molecule has 0 bridgehead atoms. The molecule has 98 valence electrons. The van der Waals surface area contributed by atoms with Gasteiger partial charge in [0.05, 0.1) is 5.75 Å². The molecule has 0 heterocycles. The Kier molecular flexibility index (Phi) is 7.55. The molecule has 4 nitrogen and oxygen atoms in total. The van der Waals surface area contributed by atoms with Crippen LogP contribution in [-0.4, -0.2) is 38.3 Å². The topological polar surface area (TPSA) is 66.4 Å². The molecule has 0 aliphatic rings. The van der Waals surface area contributed by atoms with Crippen LogP contribution in [0.25, 0.3) is 0 Å². The third-order valence-electron chi connectivity index (χ3n) is 2.33. The third kappa shape index (κ3) is 8.33. The lowest BCUT2D eigenvalue weighted by molar-refractivity contribution is 0.242. The van der Waals surface area contributed by atoms with E-state index in [0.29, 0.717) is 25.3 Å². The zero-order valence-electron chi connectivity index (χ0n) is 10.00. The highest BCUT2D eigenvalue weighted by Gasteiger charge is 2.20. The number of alkyl halides is 1. The maximum Gasteiger partial charge on any atom is 0.211 e. The fourth-order valence-corrected chi connectivity index (χ4v) is 2.84. The largest absolute Gasteiger partial charge is 0.396 e. The van der Waals surface area contributed by atoms with E-state index in [1.165, 1.54) is 0 Å². The van der Waals surface area contributed by atoms with E-state index in [-0.39, 0.29) is 17.8 Å². The zero-order chi connectivity index (χ0) is 12.7. The second-order valence-corrected chi connectivity index (χ2v) is 6.98. The SMILES string of the molecule is CC(C)(CCCO)CNS(=O)(=O)CCCCl. The van der Waals surface area contributed by atoms with Crippen LogP contribution in [0.15, 0.2) is 0 Å². The Hall–Kier alpha value is 0.160. The van der Waals surface area contributed by atoms with Crippen molar-refractivity contribution in [2.24, 2.45) is 5.41 Å². The average Bonchev–Trinajstić information content (AvgIpc) is 2.22. The Bertz CT molecular complexity index is 278. The Morgan fingerprint density at radius 3 is 2.44 bits per heavy atom. The summed E-state index contributed by atoms with van der Waals surface area (Å²) in [5.74, 6) is 0.432. The van der Waals surface area contributed by atoms with Crippen molar-refractivity contribution in [2.45, 2.75) is 33.1 Å². The third-order valence-corrected chi connectivity index (χ3v) is 4.01. The highest BCUT2D eigenvalue weighted by molar-refractivity contribution is 7.89. The molecule has 0 atom stereocenters. The van der Waals surface area contributed by atoms with Crippen LogP contribution in [0.4, 0.5) is 0 Å². The lowest BCUT2D eigenvalue weighted by Gasteiger charge is -2.24. The molecule has 16 heavy (non-hydrogen) atoms. The van der Waals surface area contributed by atoms with Crippen molar-refractivity contribution in [1.82, 2.24) is 4.72 Å². The fourth-order valence-electron chi connectivity index (χ4n) is 1.27. The van der Waals surface area contributed by atoms with E-state index < -0.39 is 10.0 Å². The Balaban J connectivity index is 4.02. The van der Waals surface area contributed by atoms with Crippen LogP contribution in [0.5, 0.6) is 0 Å². The van der Waals surface area contributed by atoms with E-state index in [4.69, 9.17) is 16.7 Å². The van der Waals surface area contributed by atoms with Crippen LogP contribution in [0.3, 0.4) is 0 Å². The van der Waals surface area contributed by atoms with Crippen molar-refractivity contribution in [3.63, 3.8) is 0 Å². The summed E-state index contributed by atoms with van der Waals surface area (Å²) in [7, 11) is -3.20. The average molecular weight is 272 g/mol. The monoisotopic (exact) mass is 271 g/mol. The van der Waals surface area contributed by atoms with Crippen molar-refractivity contribution in [3.05, 3.63) is 0 Å². The number of rotatable bonds is 9. The first-order valence-corrected chi connectivity index (χ1v) is 7.66. The molecule has 0 saturated carbocycles. The molecule has 0 spiro atoms. The first-order chi connectivity index (χ1) is 7.33. The van der Waals surface area contributed by atoms with E-state index in [0.717, 1.165) is 6.42 Å². The molecule has 0 amide bonds. The summed E-state index contributed by atoms with van der Waals surface area (Å²) in [6.45, 7) is 4.50. The van der Waals surface area contributed by atoms with Crippen LogP contribution in [0.2, 0.25) is 0 Å². The van der Waals surface area contributed by atoms with E-state index >= 15 is 0 Å². The van der Waals surface area contributed by atoms with Gasteiger partial charge >= 0.3 is 0 Å². The molecule has 0 aliphatic heterocycles. The molecule has 0 radical (unpaired) electrons. The summed E-state index contributed by atoms with van der Waals surface area (Å²) in [5, 5.41) is 8.72. The van der Waals surface area contributed by atoms with Gasteiger partial charge in [0.25, 0.3) is 0 Å². The molecule has 0 saturated heterocycles. The minimum Gasteiger partial charge on any atom is -0.396 e.